The second-order valence-corrected chi connectivity index (χ2v) is 5.89. The third-order valence-corrected chi connectivity index (χ3v) is 3.98. The average Bonchev–Trinajstić information content (AvgIpc) is 2.93. The van der Waals surface area contributed by atoms with Crippen molar-refractivity contribution in [2.75, 3.05) is 13.2 Å². The van der Waals surface area contributed by atoms with Crippen molar-refractivity contribution in [3.63, 3.8) is 0 Å². The Bertz CT molecular complexity index is 915. The van der Waals surface area contributed by atoms with Gasteiger partial charge in [-0.25, -0.2) is 9.59 Å². The maximum atomic E-state index is 13.0. The van der Waals surface area contributed by atoms with Crippen LogP contribution in [0.2, 0.25) is 0 Å². The van der Waals surface area contributed by atoms with Gasteiger partial charge in [0.1, 0.15) is 0 Å². The highest BCUT2D eigenvalue weighted by atomic mass is 19.4. The molecule has 2 aromatic rings. The number of aromatic amines is 1. The van der Waals surface area contributed by atoms with Gasteiger partial charge in [-0.3, -0.25) is 4.79 Å². The van der Waals surface area contributed by atoms with Gasteiger partial charge in [0.15, 0.2) is 6.61 Å². The zero-order chi connectivity index (χ0) is 21.1. The summed E-state index contributed by atoms with van der Waals surface area (Å²) in [7, 11) is 0. The van der Waals surface area contributed by atoms with E-state index in [1.807, 2.05) is 0 Å². The van der Waals surface area contributed by atoms with Gasteiger partial charge in [-0.15, -0.1) is 0 Å². The Labute approximate surface area is 158 Å². The Balaban J connectivity index is 2.17. The molecule has 1 aromatic heterocycles. The fraction of sp³-hybridized carbons (Fsp3) is 0.316. The van der Waals surface area contributed by atoms with Crippen LogP contribution in [0.5, 0.6) is 0 Å². The van der Waals surface area contributed by atoms with Crippen molar-refractivity contribution in [3.8, 4) is 0 Å². The van der Waals surface area contributed by atoms with Crippen LogP contribution in [0.1, 0.15) is 54.9 Å². The van der Waals surface area contributed by atoms with Gasteiger partial charge in [-0.05, 0) is 38.5 Å². The maximum Gasteiger partial charge on any atom is 0.417 e. The molecule has 0 aliphatic heterocycles. The first-order chi connectivity index (χ1) is 13.1. The number of carbonyl (C=O) groups is 3. The Kier molecular flexibility index (Phi) is 6.27. The molecule has 6 nitrogen and oxygen atoms in total. The van der Waals surface area contributed by atoms with E-state index in [4.69, 9.17) is 9.47 Å². The van der Waals surface area contributed by atoms with Crippen LogP contribution in [0.25, 0.3) is 0 Å². The van der Waals surface area contributed by atoms with Gasteiger partial charge < -0.3 is 14.5 Å². The molecule has 0 unspecified atom stereocenters. The van der Waals surface area contributed by atoms with Crippen LogP contribution in [0.3, 0.4) is 0 Å². The third-order valence-electron chi connectivity index (χ3n) is 3.98. The normalized spacial score (nSPS) is 11.2. The van der Waals surface area contributed by atoms with Gasteiger partial charge in [-0.2, -0.15) is 13.2 Å². The molecule has 0 spiro atoms. The molecule has 1 heterocycles. The Morgan fingerprint density at radius 3 is 2.29 bits per heavy atom. The van der Waals surface area contributed by atoms with Crippen LogP contribution in [-0.2, 0) is 15.7 Å². The second-order valence-electron chi connectivity index (χ2n) is 5.89. The van der Waals surface area contributed by atoms with Crippen molar-refractivity contribution in [1.29, 1.82) is 0 Å². The van der Waals surface area contributed by atoms with Gasteiger partial charge in [0.05, 0.1) is 29.0 Å². The first-order valence-corrected chi connectivity index (χ1v) is 8.30. The fourth-order valence-electron chi connectivity index (χ4n) is 2.73. The first kappa shape index (κ1) is 21.2. The monoisotopic (exact) mass is 397 g/mol. The molecule has 2 rings (SSSR count). The summed E-state index contributed by atoms with van der Waals surface area (Å²) in [5, 5.41) is 0. The zero-order valence-electron chi connectivity index (χ0n) is 15.4. The lowest BCUT2D eigenvalue weighted by Crippen LogP contribution is -2.19. The number of hydrogen-bond acceptors (Lipinski definition) is 5. The van der Waals surface area contributed by atoms with E-state index in [2.05, 4.69) is 4.98 Å². The van der Waals surface area contributed by atoms with Crippen molar-refractivity contribution in [1.82, 2.24) is 4.98 Å². The number of ether oxygens (including phenoxy) is 2. The summed E-state index contributed by atoms with van der Waals surface area (Å²) in [4.78, 5) is 39.1. The molecule has 1 N–H and O–H groups in total. The summed E-state index contributed by atoms with van der Waals surface area (Å²) < 4.78 is 48.7. The van der Waals surface area contributed by atoms with Crippen LogP contribution >= 0.6 is 0 Å². The van der Waals surface area contributed by atoms with Gasteiger partial charge in [0.25, 0.3) is 0 Å². The Hall–Kier alpha value is -3.10. The van der Waals surface area contributed by atoms with E-state index in [-0.39, 0.29) is 17.9 Å². The Morgan fingerprint density at radius 1 is 1.04 bits per heavy atom. The van der Waals surface area contributed by atoms with Gasteiger partial charge >= 0.3 is 18.1 Å². The fourth-order valence-corrected chi connectivity index (χ4v) is 2.73. The van der Waals surface area contributed by atoms with Crippen LogP contribution in [0.4, 0.5) is 13.2 Å². The van der Waals surface area contributed by atoms with E-state index in [1.54, 1.807) is 13.8 Å². The number of aryl methyl sites for hydroxylation is 1. The van der Waals surface area contributed by atoms with Crippen LogP contribution < -0.4 is 0 Å². The second kappa shape index (κ2) is 8.28. The van der Waals surface area contributed by atoms with Gasteiger partial charge in [0, 0.05) is 5.69 Å². The number of nitrogens with one attached hydrogen (secondary N) is 1. The lowest BCUT2D eigenvalue weighted by molar-refractivity contribution is -0.138. The number of Topliss-reactive ketones (excluding diaryl/α,β-unsaturated/α-hetero) is 1. The summed E-state index contributed by atoms with van der Waals surface area (Å²) >= 11 is 0. The molecule has 0 bridgehead atoms. The molecule has 0 aliphatic carbocycles. The number of alkyl halides is 3. The highest BCUT2D eigenvalue weighted by Gasteiger charge is 2.35. The molecule has 9 heteroatoms. The minimum atomic E-state index is -4.73. The number of rotatable bonds is 6. The number of H-pyrrole nitrogens is 1. The SMILES string of the molecule is CCOC(=O)c1c(C)[nH]c(C(=O)COC(=O)c2ccccc2C(F)(F)F)c1C. The van der Waals surface area contributed by atoms with Crippen molar-refractivity contribution < 1.29 is 37.0 Å². The van der Waals surface area contributed by atoms with E-state index in [0.717, 1.165) is 18.2 Å². The molecular formula is C19H18F3NO5. The van der Waals surface area contributed by atoms with Gasteiger partial charge in [-0.1, -0.05) is 12.1 Å². The Morgan fingerprint density at radius 2 is 1.68 bits per heavy atom. The summed E-state index contributed by atoms with van der Waals surface area (Å²) in [5.74, 6) is -2.56. The molecular weight excluding hydrogens is 379 g/mol. The largest absolute Gasteiger partial charge is 0.462 e. The van der Waals surface area contributed by atoms with E-state index >= 15 is 0 Å². The van der Waals surface area contributed by atoms with Gasteiger partial charge in [0.2, 0.25) is 5.78 Å². The van der Waals surface area contributed by atoms with E-state index < -0.39 is 41.6 Å². The number of halogens is 3. The lowest BCUT2D eigenvalue weighted by Gasteiger charge is -2.11. The first-order valence-electron chi connectivity index (χ1n) is 8.30. The topological polar surface area (TPSA) is 85.5 Å². The highest BCUT2D eigenvalue weighted by Crippen LogP contribution is 2.32. The van der Waals surface area contributed by atoms with Crippen LogP contribution in [0, 0.1) is 13.8 Å². The molecule has 0 amide bonds. The molecule has 0 aliphatic rings. The summed E-state index contributed by atoms with van der Waals surface area (Å²) in [6.45, 7) is 4.10. The number of ketones is 1. The highest BCUT2D eigenvalue weighted by molar-refractivity contribution is 6.03. The number of benzene rings is 1. The van der Waals surface area contributed by atoms with E-state index in [9.17, 15) is 27.6 Å². The molecule has 150 valence electrons. The smallest absolute Gasteiger partial charge is 0.417 e. The lowest BCUT2D eigenvalue weighted by atomic mass is 10.1. The molecule has 0 saturated heterocycles. The quantitative estimate of drug-likeness (QED) is 0.591. The number of esters is 2. The van der Waals surface area contributed by atoms with Crippen LogP contribution in [-0.4, -0.2) is 35.9 Å². The van der Waals surface area contributed by atoms with E-state index in [0.29, 0.717) is 11.3 Å². The molecule has 0 radical (unpaired) electrons. The van der Waals surface area contributed by atoms with Crippen LogP contribution in [0.15, 0.2) is 24.3 Å². The van der Waals surface area contributed by atoms with E-state index in [1.165, 1.54) is 13.0 Å². The minimum Gasteiger partial charge on any atom is -0.462 e. The van der Waals surface area contributed by atoms with Crippen molar-refractivity contribution >= 4 is 17.7 Å². The zero-order valence-corrected chi connectivity index (χ0v) is 15.4. The summed E-state index contributed by atoms with van der Waals surface area (Å²) in [6.07, 6.45) is -4.73. The number of carbonyl (C=O) groups excluding carboxylic acids is 3. The molecule has 0 atom stereocenters. The van der Waals surface area contributed by atoms with Crippen molar-refractivity contribution in [2.45, 2.75) is 26.9 Å². The third kappa shape index (κ3) is 4.41. The van der Waals surface area contributed by atoms with Crippen molar-refractivity contribution in [2.24, 2.45) is 0 Å². The van der Waals surface area contributed by atoms with Crippen molar-refractivity contribution in [3.05, 3.63) is 57.9 Å². The predicted molar refractivity (Wildman–Crippen MR) is 92.3 cm³/mol. The predicted octanol–water partition coefficient (Wildman–Crippen LogP) is 3.87. The maximum absolute atomic E-state index is 13.0. The number of aromatic nitrogens is 1. The standard InChI is InChI=1S/C19H18F3NO5/c1-4-27-18(26)15-10(2)16(23-11(15)3)14(24)9-28-17(25)12-7-5-6-8-13(12)19(20,21)22/h5-8,23H,4,9H2,1-3H3. The molecule has 0 fully saturated rings. The molecule has 0 saturated carbocycles. The molecule has 28 heavy (non-hydrogen) atoms. The molecule has 1 aromatic carbocycles. The minimum absolute atomic E-state index is 0.0254. The average molecular weight is 397 g/mol. The summed E-state index contributed by atoms with van der Waals surface area (Å²) in [6, 6.07) is 4.13. The number of hydrogen-bond donors (Lipinski definition) is 1. The summed E-state index contributed by atoms with van der Waals surface area (Å²) in [5.41, 5.74) is -0.907.